The summed E-state index contributed by atoms with van der Waals surface area (Å²) in [5.41, 5.74) is 2.12. The second-order valence-electron chi connectivity index (χ2n) is 9.76. The summed E-state index contributed by atoms with van der Waals surface area (Å²) in [6, 6.07) is 22.8. The molecule has 1 N–H and O–H groups in total. The standard InChI is InChI=1S/C31H38ClN3O5S/c1-4-19-33-31(37)28(22-24-12-6-5-7-13-24)34(23-25-14-10-15-26(32)21-25)30(36)18-11-20-35(41(3,38)39)27-16-8-9-17-29(27)40-2/h5-10,12-17,21,28H,4,11,18-20,22-23H2,1-3H3,(H,33,37)/t28-/m1/s1. The molecule has 3 rings (SSSR count). The van der Waals surface area contributed by atoms with Crippen LogP contribution >= 0.6 is 11.6 Å². The molecule has 41 heavy (non-hydrogen) atoms. The zero-order chi connectivity index (χ0) is 29.8. The Bertz CT molecular complexity index is 1400. The molecule has 10 heteroatoms. The Morgan fingerprint density at radius 2 is 1.66 bits per heavy atom. The Kier molecular flexibility index (Phi) is 12.0. The predicted molar refractivity (Wildman–Crippen MR) is 164 cm³/mol. The quantitative estimate of drug-likeness (QED) is 0.263. The van der Waals surface area contributed by atoms with E-state index in [1.54, 1.807) is 47.4 Å². The lowest BCUT2D eigenvalue weighted by Crippen LogP contribution is -2.50. The number of sulfonamides is 1. The lowest BCUT2D eigenvalue weighted by Gasteiger charge is -2.32. The van der Waals surface area contributed by atoms with Gasteiger partial charge in [0.2, 0.25) is 21.8 Å². The summed E-state index contributed by atoms with van der Waals surface area (Å²) in [6.45, 7) is 2.71. The van der Waals surface area contributed by atoms with E-state index in [0.29, 0.717) is 29.4 Å². The van der Waals surface area contributed by atoms with Gasteiger partial charge in [0.15, 0.2) is 0 Å². The number of hydrogen-bond donors (Lipinski definition) is 1. The molecule has 0 aromatic heterocycles. The second kappa shape index (κ2) is 15.4. The molecule has 3 aromatic carbocycles. The molecule has 0 bridgehead atoms. The number of hydrogen-bond acceptors (Lipinski definition) is 5. The number of ether oxygens (including phenoxy) is 1. The fraction of sp³-hybridized carbons (Fsp3) is 0.355. The van der Waals surface area contributed by atoms with Gasteiger partial charge in [0, 0.05) is 37.5 Å². The van der Waals surface area contributed by atoms with Gasteiger partial charge in [-0.15, -0.1) is 0 Å². The number of nitrogens with one attached hydrogen (secondary N) is 1. The minimum absolute atomic E-state index is 0.0358. The summed E-state index contributed by atoms with van der Waals surface area (Å²) in [5, 5.41) is 3.49. The molecule has 0 spiro atoms. The van der Waals surface area contributed by atoms with E-state index in [-0.39, 0.29) is 37.7 Å². The van der Waals surface area contributed by atoms with Crippen LogP contribution in [0.15, 0.2) is 78.9 Å². The lowest BCUT2D eigenvalue weighted by atomic mass is 10.0. The average Bonchev–Trinajstić information content (AvgIpc) is 2.95. The summed E-state index contributed by atoms with van der Waals surface area (Å²) in [5.74, 6) is -0.0775. The number of nitrogens with zero attached hydrogens (tertiary/aromatic N) is 2. The van der Waals surface area contributed by atoms with Gasteiger partial charge in [-0.05, 0) is 48.2 Å². The molecule has 2 amide bonds. The van der Waals surface area contributed by atoms with Crippen molar-refractivity contribution in [2.75, 3.05) is 30.8 Å². The van der Waals surface area contributed by atoms with E-state index in [9.17, 15) is 18.0 Å². The maximum atomic E-state index is 13.9. The first-order valence-electron chi connectivity index (χ1n) is 13.6. The molecule has 0 fully saturated rings. The molecule has 0 saturated heterocycles. The summed E-state index contributed by atoms with van der Waals surface area (Å²) in [6.07, 6.45) is 2.50. The largest absolute Gasteiger partial charge is 0.495 e. The van der Waals surface area contributed by atoms with Gasteiger partial charge in [0.1, 0.15) is 11.8 Å². The summed E-state index contributed by atoms with van der Waals surface area (Å²) in [4.78, 5) is 28.9. The summed E-state index contributed by atoms with van der Waals surface area (Å²) in [7, 11) is -2.17. The van der Waals surface area contributed by atoms with Crippen molar-refractivity contribution in [2.45, 2.75) is 45.2 Å². The molecule has 0 aliphatic carbocycles. The van der Waals surface area contributed by atoms with Crippen molar-refractivity contribution in [3.8, 4) is 5.75 Å². The minimum Gasteiger partial charge on any atom is -0.495 e. The highest BCUT2D eigenvalue weighted by Crippen LogP contribution is 2.30. The third-order valence-electron chi connectivity index (χ3n) is 6.57. The Morgan fingerprint density at radius 3 is 2.32 bits per heavy atom. The molecule has 1 atom stereocenters. The molecule has 0 radical (unpaired) electrons. The average molecular weight is 600 g/mol. The third-order valence-corrected chi connectivity index (χ3v) is 7.98. The lowest BCUT2D eigenvalue weighted by molar-refractivity contribution is -0.141. The van der Waals surface area contributed by atoms with Crippen LogP contribution < -0.4 is 14.4 Å². The van der Waals surface area contributed by atoms with Crippen LogP contribution in [0.25, 0.3) is 0 Å². The number of carbonyl (C=O) groups is 2. The van der Waals surface area contributed by atoms with Gasteiger partial charge < -0.3 is 15.0 Å². The minimum atomic E-state index is -3.65. The normalized spacial score (nSPS) is 11.9. The van der Waals surface area contributed by atoms with Crippen molar-refractivity contribution in [3.63, 3.8) is 0 Å². The van der Waals surface area contributed by atoms with Crippen LogP contribution in [0.3, 0.4) is 0 Å². The summed E-state index contributed by atoms with van der Waals surface area (Å²) >= 11 is 6.24. The van der Waals surface area contributed by atoms with E-state index in [1.807, 2.05) is 43.3 Å². The van der Waals surface area contributed by atoms with Gasteiger partial charge in [0.25, 0.3) is 0 Å². The number of benzene rings is 3. The molecule has 0 saturated carbocycles. The van der Waals surface area contributed by atoms with Gasteiger partial charge in [-0.1, -0.05) is 73.1 Å². The van der Waals surface area contributed by atoms with E-state index in [4.69, 9.17) is 16.3 Å². The van der Waals surface area contributed by atoms with E-state index in [0.717, 1.165) is 23.8 Å². The zero-order valence-corrected chi connectivity index (χ0v) is 25.3. The number of anilines is 1. The van der Waals surface area contributed by atoms with E-state index < -0.39 is 16.1 Å². The van der Waals surface area contributed by atoms with Gasteiger partial charge in [0.05, 0.1) is 19.1 Å². The Hall–Kier alpha value is -3.56. The topological polar surface area (TPSA) is 96.0 Å². The SMILES string of the molecule is CCCNC(=O)[C@@H](Cc1ccccc1)N(Cc1cccc(Cl)c1)C(=O)CCCN(c1ccccc1OC)S(C)(=O)=O. The number of halogens is 1. The molecule has 0 heterocycles. The van der Waals surface area contributed by atoms with E-state index in [1.165, 1.54) is 11.4 Å². The Labute approximate surface area is 248 Å². The number of rotatable bonds is 15. The first-order chi connectivity index (χ1) is 19.6. The zero-order valence-electron chi connectivity index (χ0n) is 23.8. The van der Waals surface area contributed by atoms with Crippen LogP contribution in [0.2, 0.25) is 5.02 Å². The van der Waals surface area contributed by atoms with Gasteiger partial charge >= 0.3 is 0 Å². The summed E-state index contributed by atoms with van der Waals surface area (Å²) < 4.78 is 32.0. The van der Waals surface area contributed by atoms with E-state index in [2.05, 4.69) is 5.32 Å². The van der Waals surface area contributed by atoms with Crippen molar-refractivity contribution < 1.29 is 22.7 Å². The van der Waals surface area contributed by atoms with Crippen molar-refractivity contribution in [3.05, 3.63) is 95.0 Å². The first-order valence-corrected chi connectivity index (χ1v) is 15.8. The Morgan fingerprint density at radius 1 is 0.976 bits per heavy atom. The maximum Gasteiger partial charge on any atom is 0.243 e. The number of methoxy groups -OCH3 is 1. The fourth-order valence-electron chi connectivity index (χ4n) is 4.57. The predicted octanol–water partition coefficient (Wildman–Crippen LogP) is 5.06. The van der Waals surface area contributed by atoms with Crippen LogP contribution in [0.4, 0.5) is 5.69 Å². The number of para-hydroxylation sites is 2. The maximum absolute atomic E-state index is 13.9. The van der Waals surface area contributed by atoms with Crippen LogP contribution in [-0.4, -0.2) is 57.6 Å². The third kappa shape index (κ3) is 9.50. The molecular formula is C31H38ClN3O5S. The van der Waals surface area contributed by atoms with Crippen molar-refractivity contribution in [1.29, 1.82) is 0 Å². The number of amides is 2. The van der Waals surface area contributed by atoms with Crippen LogP contribution in [0.1, 0.15) is 37.3 Å². The van der Waals surface area contributed by atoms with Crippen molar-refractivity contribution in [1.82, 2.24) is 10.2 Å². The van der Waals surface area contributed by atoms with Gasteiger partial charge in [-0.25, -0.2) is 8.42 Å². The molecule has 3 aromatic rings. The van der Waals surface area contributed by atoms with E-state index >= 15 is 0 Å². The van der Waals surface area contributed by atoms with Gasteiger partial charge in [-0.3, -0.25) is 13.9 Å². The molecular weight excluding hydrogens is 562 g/mol. The molecule has 0 unspecified atom stereocenters. The monoisotopic (exact) mass is 599 g/mol. The van der Waals surface area contributed by atoms with Crippen LogP contribution in [0.5, 0.6) is 5.75 Å². The molecule has 220 valence electrons. The highest BCUT2D eigenvalue weighted by atomic mass is 35.5. The van der Waals surface area contributed by atoms with Crippen LogP contribution in [-0.2, 0) is 32.6 Å². The molecule has 8 nitrogen and oxygen atoms in total. The van der Waals surface area contributed by atoms with Crippen molar-refractivity contribution in [2.24, 2.45) is 0 Å². The Balaban J connectivity index is 1.88. The fourth-order valence-corrected chi connectivity index (χ4v) is 5.75. The molecule has 0 aliphatic heterocycles. The van der Waals surface area contributed by atoms with Crippen LogP contribution in [0, 0.1) is 0 Å². The smallest absolute Gasteiger partial charge is 0.243 e. The highest BCUT2D eigenvalue weighted by molar-refractivity contribution is 7.92. The van der Waals surface area contributed by atoms with Crippen molar-refractivity contribution >= 4 is 39.1 Å². The second-order valence-corrected chi connectivity index (χ2v) is 12.1. The first kappa shape index (κ1) is 32.0. The molecule has 0 aliphatic rings. The van der Waals surface area contributed by atoms with Gasteiger partial charge in [-0.2, -0.15) is 0 Å². The number of carbonyl (C=O) groups excluding carboxylic acids is 2. The highest BCUT2D eigenvalue weighted by Gasteiger charge is 2.30.